The molecule has 3 atom stereocenters. The largest absolute Gasteiger partial charge is 0.316 e. The number of rotatable bonds is 4. The second-order valence-electron chi connectivity index (χ2n) is 4.86. The zero-order chi connectivity index (χ0) is 12.3. The van der Waals surface area contributed by atoms with E-state index in [1.165, 1.54) is 25.7 Å². The predicted octanol–water partition coefficient (Wildman–Crippen LogP) is 2.07. The predicted molar refractivity (Wildman–Crippen MR) is 71.1 cm³/mol. The Morgan fingerprint density at radius 2 is 2.35 bits per heavy atom. The van der Waals surface area contributed by atoms with Crippen molar-refractivity contribution in [3.05, 3.63) is 6.33 Å². The van der Waals surface area contributed by atoms with Crippen LogP contribution in [0.3, 0.4) is 0 Å². The molecular weight excluding hydrogens is 232 g/mol. The lowest BCUT2D eigenvalue weighted by Gasteiger charge is -2.34. The molecule has 1 aliphatic rings. The van der Waals surface area contributed by atoms with Crippen LogP contribution < -0.4 is 5.32 Å². The molecule has 2 rings (SSSR count). The standard InChI is InChI=1S/C12H22N4S/c1-4-9-5-6-10(13-2)11(7-9)17-12-15-14-8-16(12)3/h8-11,13H,4-7H2,1-3H3. The van der Waals surface area contributed by atoms with Crippen LogP contribution in [0, 0.1) is 5.92 Å². The molecule has 96 valence electrons. The van der Waals surface area contributed by atoms with Gasteiger partial charge in [0.2, 0.25) is 0 Å². The molecule has 0 aromatic carbocycles. The normalized spacial score (nSPS) is 29.5. The van der Waals surface area contributed by atoms with Gasteiger partial charge in [-0.05, 0) is 32.2 Å². The van der Waals surface area contributed by atoms with Crippen molar-refractivity contribution in [3.8, 4) is 0 Å². The maximum Gasteiger partial charge on any atom is 0.191 e. The number of hydrogen-bond acceptors (Lipinski definition) is 4. The Bertz CT molecular complexity index is 352. The highest BCUT2D eigenvalue weighted by molar-refractivity contribution is 7.99. The van der Waals surface area contributed by atoms with Gasteiger partial charge in [0.15, 0.2) is 5.16 Å². The summed E-state index contributed by atoms with van der Waals surface area (Å²) in [4.78, 5) is 0. The summed E-state index contributed by atoms with van der Waals surface area (Å²) >= 11 is 1.88. The van der Waals surface area contributed by atoms with Gasteiger partial charge >= 0.3 is 0 Å². The lowest BCUT2D eigenvalue weighted by Crippen LogP contribution is -2.40. The van der Waals surface area contributed by atoms with Gasteiger partial charge in [0.25, 0.3) is 0 Å². The van der Waals surface area contributed by atoms with Crippen molar-refractivity contribution < 1.29 is 0 Å². The first-order valence-corrected chi connectivity index (χ1v) is 7.30. The average molecular weight is 254 g/mol. The van der Waals surface area contributed by atoms with E-state index in [1.807, 2.05) is 23.4 Å². The first-order chi connectivity index (χ1) is 8.24. The van der Waals surface area contributed by atoms with Crippen LogP contribution >= 0.6 is 11.8 Å². The lowest BCUT2D eigenvalue weighted by molar-refractivity contribution is 0.304. The number of hydrogen-bond donors (Lipinski definition) is 1. The first kappa shape index (κ1) is 12.9. The van der Waals surface area contributed by atoms with Crippen LogP contribution in [-0.4, -0.2) is 33.1 Å². The Morgan fingerprint density at radius 1 is 1.53 bits per heavy atom. The molecule has 1 aliphatic carbocycles. The quantitative estimate of drug-likeness (QED) is 0.893. The Kier molecular flexibility index (Phi) is 4.45. The summed E-state index contributed by atoms with van der Waals surface area (Å²) in [7, 11) is 4.08. The summed E-state index contributed by atoms with van der Waals surface area (Å²) in [5.41, 5.74) is 0. The van der Waals surface area contributed by atoms with Gasteiger partial charge in [0.05, 0.1) is 0 Å². The number of thioether (sulfide) groups is 1. The second kappa shape index (κ2) is 5.87. The van der Waals surface area contributed by atoms with Crippen molar-refractivity contribution in [2.24, 2.45) is 13.0 Å². The average Bonchev–Trinajstić information content (AvgIpc) is 2.75. The van der Waals surface area contributed by atoms with E-state index in [1.54, 1.807) is 6.33 Å². The fraction of sp³-hybridized carbons (Fsp3) is 0.833. The molecule has 0 aliphatic heterocycles. The molecule has 1 heterocycles. The Balaban J connectivity index is 2.03. The molecule has 1 aromatic rings. The maximum atomic E-state index is 4.18. The van der Waals surface area contributed by atoms with Gasteiger partial charge in [0.1, 0.15) is 6.33 Å². The molecular formula is C12H22N4S. The van der Waals surface area contributed by atoms with Gasteiger partial charge in [-0.1, -0.05) is 25.1 Å². The third kappa shape index (κ3) is 3.01. The molecule has 5 heteroatoms. The number of nitrogens with zero attached hydrogens (tertiary/aromatic N) is 3. The Hall–Kier alpha value is -0.550. The van der Waals surface area contributed by atoms with Crippen LogP contribution in [-0.2, 0) is 7.05 Å². The fourth-order valence-electron chi connectivity index (χ4n) is 2.56. The molecule has 0 saturated heterocycles. The highest BCUT2D eigenvalue weighted by Gasteiger charge is 2.30. The summed E-state index contributed by atoms with van der Waals surface area (Å²) in [5, 5.41) is 13.2. The van der Waals surface area contributed by atoms with Gasteiger partial charge in [0, 0.05) is 18.3 Å². The summed E-state index contributed by atoms with van der Waals surface area (Å²) in [6.07, 6.45) is 7.01. The molecule has 1 aromatic heterocycles. The van der Waals surface area contributed by atoms with E-state index in [9.17, 15) is 0 Å². The lowest BCUT2D eigenvalue weighted by atomic mass is 9.84. The zero-order valence-electron chi connectivity index (χ0n) is 10.9. The van der Waals surface area contributed by atoms with Crippen molar-refractivity contribution in [3.63, 3.8) is 0 Å². The summed E-state index contributed by atoms with van der Waals surface area (Å²) in [6.45, 7) is 2.30. The minimum Gasteiger partial charge on any atom is -0.316 e. The zero-order valence-corrected chi connectivity index (χ0v) is 11.7. The molecule has 4 nitrogen and oxygen atoms in total. The third-order valence-electron chi connectivity index (χ3n) is 3.78. The second-order valence-corrected chi connectivity index (χ2v) is 6.07. The topological polar surface area (TPSA) is 42.7 Å². The van der Waals surface area contributed by atoms with Gasteiger partial charge in [-0.3, -0.25) is 0 Å². The number of aryl methyl sites for hydroxylation is 1. The number of nitrogens with one attached hydrogen (secondary N) is 1. The molecule has 17 heavy (non-hydrogen) atoms. The van der Waals surface area contributed by atoms with Gasteiger partial charge in [-0.25, -0.2) is 0 Å². The van der Waals surface area contributed by atoms with E-state index in [0.29, 0.717) is 11.3 Å². The third-order valence-corrected chi connectivity index (χ3v) is 5.18. The van der Waals surface area contributed by atoms with Gasteiger partial charge in [-0.15, -0.1) is 10.2 Å². The van der Waals surface area contributed by atoms with E-state index >= 15 is 0 Å². The van der Waals surface area contributed by atoms with E-state index in [4.69, 9.17) is 0 Å². The maximum absolute atomic E-state index is 4.18. The minimum atomic E-state index is 0.611. The summed E-state index contributed by atoms with van der Waals surface area (Å²) in [5.74, 6) is 0.880. The highest BCUT2D eigenvalue weighted by Crippen LogP contribution is 2.36. The molecule has 1 N–H and O–H groups in total. The van der Waals surface area contributed by atoms with E-state index in [2.05, 4.69) is 29.5 Å². The Labute approximate surface area is 108 Å². The first-order valence-electron chi connectivity index (χ1n) is 6.42. The highest BCUT2D eigenvalue weighted by atomic mass is 32.2. The van der Waals surface area contributed by atoms with Crippen molar-refractivity contribution in [2.45, 2.75) is 49.1 Å². The molecule has 1 saturated carbocycles. The van der Waals surface area contributed by atoms with Crippen molar-refractivity contribution in [2.75, 3.05) is 7.05 Å². The van der Waals surface area contributed by atoms with Crippen LogP contribution in [0.4, 0.5) is 0 Å². The van der Waals surface area contributed by atoms with Crippen LogP contribution in [0.2, 0.25) is 0 Å². The fourth-order valence-corrected chi connectivity index (χ4v) is 3.94. The van der Waals surface area contributed by atoms with Crippen molar-refractivity contribution in [1.82, 2.24) is 20.1 Å². The van der Waals surface area contributed by atoms with E-state index < -0.39 is 0 Å². The van der Waals surface area contributed by atoms with Gasteiger partial charge < -0.3 is 9.88 Å². The molecule has 1 fully saturated rings. The van der Waals surface area contributed by atoms with E-state index in [-0.39, 0.29) is 0 Å². The van der Waals surface area contributed by atoms with Crippen molar-refractivity contribution in [1.29, 1.82) is 0 Å². The summed E-state index contributed by atoms with van der Waals surface area (Å²) < 4.78 is 2.01. The van der Waals surface area contributed by atoms with E-state index in [0.717, 1.165) is 11.1 Å². The van der Waals surface area contributed by atoms with Gasteiger partial charge in [-0.2, -0.15) is 0 Å². The van der Waals surface area contributed by atoms with Crippen LogP contribution in [0.1, 0.15) is 32.6 Å². The monoisotopic (exact) mass is 254 g/mol. The van der Waals surface area contributed by atoms with Crippen LogP contribution in [0.15, 0.2) is 11.5 Å². The summed E-state index contributed by atoms with van der Waals surface area (Å²) in [6, 6.07) is 0.611. The molecule has 0 spiro atoms. The van der Waals surface area contributed by atoms with Crippen LogP contribution in [0.5, 0.6) is 0 Å². The molecule has 0 bridgehead atoms. The smallest absolute Gasteiger partial charge is 0.191 e. The SMILES string of the molecule is CCC1CCC(NC)C(Sc2nncn2C)C1. The number of aromatic nitrogens is 3. The van der Waals surface area contributed by atoms with Crippen molar-refractivity contribution >= 4 is 11.8 Å². The molecule has 3 unspecified atom stereocenters. The molecule has 0 amide bonds. The Morgan fingerprint density at radius 3 is 2.94 bits per heavy atom. The van der Waals surface area contributed by atoms with Crippen LogP contribution in [0.25, 0.3) is 0 Å². The molecule has 0 radical (unpaired) electrons. The minimum absolute atomic E-state index is 0.611.